The van der Waals surface area contributed by atoms with Crippen LogP contribution in [-0.2, 0) is 14.6 Å². The zero-order valence-corrected chi connectivity index (χ0v) is 14.2. The van der Waals surface area contributed by atoms with Crippen LogP contribution in [0.5, 0.6) is 5.75 Å². The van der Waals surface area contributed by atoms with Gasteiger partial charge in [-0.05, 0) is 42.9 Å². The molecule has 0 unspecified atom stereocenters. The van der Waals surface area contributed by atoms with Gasteiger partial charge in [0.05, 0.1) is 24.7 Å². The Morgan fingerprint density at radius 2 is 2.17 bits per heavy atom. The van der Waals surface area contributed by atoms with Crippen LogP contribution in [0.25, 0.3) is 0 Å². The van der Waals surface area contributed by atoms with Crippen LogP contribution in [-0.4, -0.2) is 44.4 Å². The highest BCUT2D eigenvalue weighted by Gasteiger charge is 2.34. The average Bonchev–Trinajstić information content (AvgIpc) is 3.14. The van der Waals surface area contributed by atoms with Crippen molar-refractivity contribution >= 4 is 15.7 Å². The van der Waals surface area contributed by atoms with E-state index in [0.29, 0.717) is 12.8 Å². The topological polar surface area (TPSA) is 63.7 Å². The van der Waals surface area contributed by atoms with Crippen molar-refractivity contribution in [3.8, 4) is 5.75 Å². The number of hydrogen-bond donors (Lipinski definition) is 0. The zero-order chi connectivity index (χ0) is 16.4. The summed E-state index contributed by atoms with van der Waals surface area (Å²) in [6.45, 7) is 0.750. The Labute approximate surface area is 137 Å². The van der Waals surface area contributed by atoms with Crippen LogP contribution in [0.1, 0.15) is 37.3 Å². The SMILES string of the molecule is COc1cccc([C@@H]2CCCN2C(=O)C[C@@H]2CCS(=O)(=O)C2)c1. The summed E-state index contributed by atoms with van der Waals surface area (Å²) in [7, 11) is -1.29. The zero-order valence-electron chi connectivity index (χ0n) is 13.4. The highest BCUT2D eigenvalue weighted by Crippen LogP contribution is 2.35. The summed E-state index contributed by atoms with van der Waals surface area (Å²) in [5.74, 6) is 1.25. The minimum Gasteiger partial charge on any atom is -0.497 e. The number of likely N-dealkylation sites (tertiary alicyclic amines) is 1. The van der Waals surface area contributed by atoms with E-state index in [-0.39, 0.29) is 29.4 Å². The van der Waals surface area contributed by atoms with Gasteiger partial charge >= 0.3 is 0 Å². The molecule has 1 aromatic rings. The third-order valence-electron chi connectivity index (χ3n) is 4.84. The summed E-state index contributed by atoms with van der Waals surface area (Å²) in [4.78, 5) is 14.6. The number of hydrogen-bond acceptors (Lipinski definition) is 4. The Balaban J connectivity index is 1.69. The Morgan fingerprint density at radius 3 is 2.87 bits per heavy atom. The largest absolute Gasteiger partial charge is 0.497 e. The molecule has 2 aliphatic heterocycles. The van der Waals surface area contributed by atoms with Crippen molar-refractivity contribution < 1.29 is 17.9 Å². The summed E-state index contributed by atoms with van der Waals surface area (Å²) < 4.78 is 28.4. The third kappa shape index (κ3) is 3.68. The first-order valence-corrected chi connectivity index (χ1v) is 9.94. The Kier molecular flexibility index (Phi) is 4.62. The lowest BCUT2D eigenvalue weighted by molar-refractivity contribution is -0.133. The molecule has 126 valence electrons. The lowest BCUT2D eigenvalue weighted by atomic mass is 10.0. The van der Waals surface area contributed by atoms with Gasteiger partial charge in [-0.15, -0.1) is 0 Å². The molecule has 0 radical (unpaired) electrons. The molecule has 2 aliphatic rings. The predicted molar refractivity (Wildman–Crippen MR) is 88.1 cm³/mol. The van der Waals surface area contributed by atoms with Gasteiger partial charge in [0.1, 0.15) is 5.75 Å². The highest BCUT2D eigenvalue weighted by molar-refractivity contribution is 7.91. The van der Waals surface area contributed by atoms with Gasteiger partial charge in [0.2, 0.25) is 5.91 Å². The van der Waals surface area contributed by atoms with Crippen molar-refractivity contribution in [1.29, 1.82) is 0 Å². The number of rotatable bonds is 4. The molecule has 3 rings (SSSR count). The number of carbonyl (C=O) groups excluding carboxylic acids is 1. The summed E-state index contributed by atoms with van der Waals surface area (Å²) in [6.07, 6.45) is 2.89. The van der Waals surface area contributed by atoms with Gasteiger partial charge < -0.3 is 9.64 Å². The molecule has 0 aliphatic carbocycles. The summed E-state index contributed by atoms with van der Waals surface area (Å²) in [6, 6.07) is 7.93. The molecule has 6 heteroatoms. The van der Waals surface area contributed by atoms with Crippen LogP contribution >= 0.6 is 0 Å². The van der Waals surface area contributed by atoms with E-state index in [1.165, 1.54) is 0 Å². The molecule has 2 heterocycles. The lowest BCUT2D eigenvalue weighted by Gasteiger charge is -2.26. The number of methoxy groups -OCH3 is 1. The lowest BCUT2D eigenvalue weighted by Crippen LogP contribution is -2.32. The van der Waals surface area contributed by atoms with Crippen molar-refractivity contribution in [2.75, 3.05) is 25.2 Å². The second-order valence-electron chi connectivity index (χ2n) is 6.49. The molecule has 0 N–H and O–H groups in total. The molecule has 0 aromatic heterocycles. The summed E-state index contributed by atoms with van der Waals surface area (Å²) in [5, 5.41) is 0. The van der Waals surface area contributed by atoms with Gasteiger partial charge in [0.25, 0.3) is 0 Å². The maximum atomic E-state index is 12.7. The van der Waals surface area contributed by atoms with Crippen LogP contribution in [0.4, 0.5) is 0 Å². The number of amides is 1. The first kappa shape index (κ1) is 16.3. The monoisotopic (exact) mass is 337 g/mol. The van der Waals surface area contributed by atoms with Crippen LogP contribution < -0.4 is 4.74 Å². The number of benzene rings is 1. The van der Waals surface area contributed by atoms with Gasteiger partial charge in [-0.25, -0.2) is 8.42 Å². The molecule has 0 bridgehead atoms. The van der Waals surface area contributed by atoms with Gasteiger partial charge in [-0.3, -0.25) is 4.79 Å². The highest BCUT2D eigenvalue weighted by atomic mass is 32.2. The van der Waals surface area contributed by atoms with Gasteiger partial charge in [-0.2, -0.15) is 0 Å². The van der Waals surface area contributed by atoms with Crippen molar-refractivity contribution in [3.63, 3.8) is 0 Å². The summed E-state index contributed by atoms with van der Waals surface area (Å²) in [5.41, 5.74) is 1.09. The third-order valence-corrected chi connectivity index (χ3v) is 6.68. The Bertz CT molecular complexity index is 686. The first-order valence-electron chi connectivity index (χ1n) is 8.12. The van der Waals surface area contributed by atoms with E-state index < -0.39 is 9.84 Å². The van der Waals surface area contributed by atoms with Gasteiger partial charge in [0.15, 0.2) is 9.84 Å². The molecular formula is C17H23NO4S. The minimum absolute atomic E-state index is 0.0148. The standard InChI is InChI=1S/C17H23NO4S/c1-22-15-5-2-4-14(11-15)16-6-3-8-18(16)17(19)10-13-7-9-23(20,21)12-13/h2,4-5,11,13,16H,3,6-10,12H2,1H3/t13-,16-/m0/s1. The second kappa shape index (κ2) is 6.51. The molecule has 1 amide bonds. The van der Waals surface area contributed by atoms with Crippen LogP contribution in [0.3, 0.4) is 0 Å². The quantitative estimate of drug-likeness (QED) is 0.845. The molecule has 0 spiro atoms. The molecule has 2 fully saturated rings. The van der Waals surface area contributed by atoms with Gasteiger partial charge in [0, 0.05) is 13.0 Å². The fourth-order valence-corrected chi connectivity index (χ4v) is 5.52. The van der Waals surface area contributed by atoms with Crippen LogP contribution in [0.15, 0.2) is 24.3 Å². The van der Waals surface area contributed by atoms with E-state index in [0.717, 1.165) is 30.7 Å². The van der Waals surface area contributed by atoms with Crippen molar-refractivity contribution in [2.24, 2.45) is 5.92 Å². The maximum absolute atomic E-state index is 12.7. The minimum atomic E-state index is -2.93. The molecule has 1 aromatic carbocycles. The van der Waals surface area contributed by atoms with E-state index in [9.17, 15) is 13.2 Å². The first-order chi connectivity index (χ1) is 11.0. The maximum Gasteiger partial charge on any atom is 0.223 e. The van der Waals surface area contributed by atoms with Crippen LogP contribution in [0, 0.1) is 5.92 Å². The second-order valence-corrected chi connectivity index (χ2v) is 8.72. The predicted octanol–water partition coefficient (Wildman–Crippen LogP) is 2.18. The van der Waals surface area contributed by atoms with Crippen LogP contribution in [0.2, 0.25) is 0 Å². The van der Waals surface area contributed by atoms with Crippen molar-refractivity contribution in [2.45, 2.75) is 31.7 Å². The van der Waals surface area contributed by atoms with Gasteiger partial charge in [-0.1, -0.05) is 12.1 Å². The smallest absolute Gasteiger partial charge is 0.223 e. The normalized spacial score (nSPS) is 26.4. The van der Waals surface area contributed by atoms with E-state index in [1.807, 2.05) is 29.2 Å². The fourth-order valence-electron chi connectivity index (χ4n) is 3.66. The molecule has 5 nitrogen and oxygen atoms in total. The Morgan fingerprint density at radius 1 is 1.35 bits per heavy atom. The van der Waals surface area contributed by atoms with E-state index in [2.05, 4.69) is 0 Å². The fraction of sp³-hybridized carbons (Fsp3) is 0.588. The number of ether oxygens (including phenoxy) is 1. The number of nitrogens with zero attached hydrogens (tertiary/aromatic N) is 1. The molecule has 23 heavy (non-hydrogen) atoms. The Hall–Kier alpha value is -1.56. The summed E-state index contributed by atoms with van der Waals surface area (Å²) >= 11 is 0. The molecule has 2 saturated heterocycles. The van der Waals surface area contributed by atoms with E-state index in [4.69, 9.17) is 4.74 Å². The van der Waals surface area contributed by atoms with Crippen molar-refractivity contribution in [3.05, 3.63) is 29.8 Å². The number of carbonyl (C=O) groups is 1. The number of sulfone groups is 1. The average molecular weight is 337 g/mol. The van der Waals surface area contributed by atoms with E-state index >= 15 is 0 Å². The van der Waals surface area contributed by atoms with Crippen molar-refractivity contribution in [1.82, 2.24) is 4.90 Å². The molecule has 2 atom stereocenters. The molecule has 0 saturated carbocycles. The van der Waals surface area contributed by atoms with E-state index in [1.54, 1.807) is 7.11 Å². The molecular weight excluding hydrogens is 314 g/mol.